The van der Waals surface area contributed by atoms with Crippen LogP contribution >= 0.6 is 0 Å². The van der Waals surface area contributed by atoms with E-state index in [-0.39, 0.29) is 23.1 Å². The van der Waals surface area contributed by atoms with Crippen molar-refractivity contribution in [1.29, 1.82) is 0 Å². The van der Waals surface area contributed by atoms with Gasteiger partial charge in [0.25, 0.3) is 0 Å². The summed E-state index contributed by atoms with van der Waals surface area (Å²) in [5, 5.41) is 12.6. The standard InChI is InChI=1S/C18H18FN3O5/c19-15-11(21-5-3-20-4-6-21)7-10-13(17(15)25)16(24)14(18(26)27)12(8-23)22(10)9-1-2-9/h7-9,13,20H,1-6H2,(H,26,27). The first-order valence-corrected chi connectivity index (χ1v) is 8.83. The number of nitrogens with one attached hydrogen (secondary N) is 1. The van der Waals surface area contributed by atoms with Gasteiger partial charge >= 0.3 is 5.97 Å². The molecule has 2 fully saturated rings. The molecule has 142 valence electrons. The number of carboxylic acid groups (broad SMARTS) is 1. The summed E-state index contributed by atoms with van der Waals surface area (Å²) >= 11 is 0. The topological polar surface area (TPSA) is 107 Å². The minimum absolute atomic E-state index is 0.0928. The number of halogens is 1. The average Bonchev–Trinajstić information content (AvgIpc) is 3.49. The molecule has 27 heavy (non-hydrogen) atoms. The highest BCUT2D eigenvalue weighted by molar-refractivity contribution is 6.29. The molecular weight excluding hydrogens is 357 g/mol. The molecule has 0 aromatic rings. The van der Waals surface area contributed by atoms with Crippen LogP contribution in [0.5, 0.6) is 0 Å². The van der Waals surface area contributed by atoms with Crippen molar-refractivity contribution in [3.05, 3.63) is 34.6 Å². The van der Waals surface area contributed by atoms with Crippen LogP contribution in [0, 0.1) is 5.92 Å². The Balaban J connectivity index is 1.87. The summed E-state index contributed by atoms with van der Waals surface area (Å²) in [7, 11) is 0. The molecule has 0 aromatic carbocycles. The number of hydrogen-bond acceptors (Lipinski definition) is 7. The number of Topliss-reactive ketones (excluding diaryl/α,β-unsaturated/α-hetero) is 2. The third kappa shape index (κ3) is 2.69. The van der Waals surface area contributed by atoms with Gasteiger partial charge in [0.15, 0.2) is 17.9 Å². The van der Waals surface area contributed by atoms with E-state index in [1.165, 1.54) is 11.0 Å². The van der Waals surface area contributed by atoms with Crippen molar-refractivity contribution in [2.75, 3.05) is 26.2 Å². The molecule has 8 nitrogen and oxygen atoms in total. The van der Waals surface area contributed by atoms with Gasteiger partial charge in [-0.3, -0.25) is 14.4 Å². The number of fused-ring (bicyclic) bond motifs is 1. The Morgan fingerprint density at radius 3 is 2.44 bits per heavy atom. The predicted octanol–water partition coefficient (Wildman–Crippen LogP) is -0.260. The molecular formula is C18H18FN3O5. The number of ketones is 2. The zero-order chi connectivity index (χ0) is 19.3. The summed E-state index contributed by atoms with van der Waals surface area (Å²) in [4.78, 5) is 51.8. The highest BCUT2D eigenvalue weighted by atomic mass is 19.1. The number of nitrogens with zero attached hydrogens (tertiary/aromatic N) is 2. The summed E-state index contributed by atoms with van der Waals surface area (Å²) in [6.45, 7) is 2.26. The molecule has 1 unspecified atom stereocenters. The number of aldehydes is 1. The fraction of sp³-hybridized carbons (Fsp3) is 0.444. The number of carbonyl (C=O) groups excluding carboxylic acids is 3. The number of aliphatic carboxylic acids is 1. The van der Waals surface area contributed by atoms with Gasteiger partial charge < -0.3 is 20.2 Å². The quantitative estimate of drug-likeness (QED) is 0.393. The maximum Gasteiger partial charge on any atom is 0.341 e. The molecule has 2 N–H and O–H groups in total. The van der Waals surface area contributed by atoms with Crippen molar-refractivity contribution >= 4 is 23.8 Å². The Bertz CT molecular complexity index is 849. The van der Waals surface area contributed by atoms with Crippen molar-refractivity contribution in [2.45, 2.75) is 18.9 Å². The largest absolute Gasteiger partial charge is 0.477 e. The van der Waals surface area contributed by atoms with E-state index < -0.39 is 34.9 Å². The Morgan fingerprint density at radius 2 is 1.89 bits per heavy atom. The van der Waals surface area contributed by atoms with Gasteiger partial charge in [-0.2, -0.15) is 0 Å². The Kier molecular flexibility index (Phi) is 4.18. The molecule has 2 aliphatic heterocycles. The molecule has 4 rings (SSSR count). The van der Waals surface area contributed by atoms with Gasteiger partial charge in [-0.05, 0) is 18.9 Å². The summed E-state index contributed by atoms with van der Waals surface area (Å²) in [6, 6.07) is -0.167. The molecule has 0 bridgehead atoms. The summed E-state index contributed by atoms with van der Waals surface area (Å²) in [5.74, 6) is -6.24. The second-order valence-corrected chi connectivity index (χ2v) is 6.95. The van der Waals surface area contributed by atoms with Gasteiger partial charge in [-0.25, -0.2) is 9.18 Å². The van der Waals surface area contributed by atoms with Crippen molar-refractivity contribution in [1.82, 2.24) is 15.1 Å². The Labute approximate surface area is 154 Å². The molecule has 2 aliphatic carbocycles. The van der Waals surface area contributed by atoms with Gasteiger partial charge in [0.2, 0.25) is 5.78 Å². The van der Waals surface area contributed by atoms with Gasteiger partial charge in [-0.1, -0.05) is 0 Å². The average molecular weight is 375 g/mol. The van der Waals surface area contributed by atoms with Crippen molar-refractivity contribution in [3.63, 3.8) is 0 Å². The van der Waals surface area contributed by atoms with Crippen LogP contribution in [-0.2, 0) is 19.2 Å². The fourth-order valence-corrected chi connectivity index (χ4v) is 3.87. The number of piperazine rings is 1. The first kappa shape index (κ1) is 17.6. The Morgan fingerprint density at radius 1 is 1.22 bits per heavy atom. The maximum atomic E-state index is 14.8. The van der Waals surface area contributed by atoms with Crippen LogP contribution < -0.4 is 5.32 Å². The van der Waals surface area contributed by atoms with Crippen LogP contribution in [0.1, 0.15) is 12.8 Å². The monoisotopic (exact) mass is 375 g/mol. The fourth-order valence-electron chi connectivity index (χ4n) is 3.87. The molecule has 0 aromatic heterocycles. The van der Waals surface area contributed by atoms with E-state index >= 15 is 0 Å². The molecule has 0 spiro atoms. The normalized spacial score (nSPS) is 26.3. The van der Waals surface area contributed by atoms with E-state index in [9.17, 15) is 28.7 Å². The van der Waals surface area contributed by atoms with Crippen molar-refractivity contribution < 1.29 is 28.7 Å². The van der Waals surface area contributed by atoms with Gasteiger partial charge in [0.1, 0.15) is 11.5 Å². The molecule has 9 heteroatoms. The van der Waals surface area contributed by atoms with Crippen LogP contribution in [0.4, 0.5) is 4.39 Å². The third-order valence-electron chi connectivity index (χ3n) is 5.28. The Hall–Kier alpha value is -2.81. The second-order valence-electron chi connectivity index (χ2n) is 6.95. The van der Waals surface area contributed by atoms with E-state index in [0.29, 0.717) is 45.3 Å². The summed E-state index contributed by atoms with van der Waals surface area (Å²) < 4.78 is 14.8. The highest BCUT2D eigenvalue weighted by Crippen LogP contribution is 2.44. The van der Waals surface area contributed by atoms with Crippen LogP contribution in [0.25, 0.3) is 0 Å². The van der Waals surface area contributed by atoms with E-state index in [2.05, 4.69) is 5.32 Å². The lowest BCUT2D eigenvalue weighted by Gasteiger charge is -2.40. The lowest BCUT2D eigenvalue weighted by molar-refractivity contribution is -0.137. The minimum Gasteiger partial charge on any atom is -0.477 e. The maximum absolute atomic E-state index is 14.8. The first-order chi connectivity index (χ1) is 13.0. The molecule has 1 saturated carbocycles. The van der Waals surface area contributed by atoms with Crippen LogP contribution in [-0.4, -0.2) is 70.9 Å². The number of carbonyl (C=O) groups is 4. The van der Waals surface area contributed by atoms with Crippen molar-refractivity contribution in [2.24, 2.45) is 5.92 Å². The zero-order valence-corrected chi connectivity index (χ0v) is 14.4. The van der Waals surface area contributed by atoms with E-state index in [1.54, 1.807) is 4.90 Å². The van der Waals surface area contributed by atoms with Gasteiger partial charge in [0.05, 0.1) is 11.4 Å². The lowest BCUT2D eigenvalue weighted by Crippen LogP contribution is -2.48. The SMILES string of the molecule is O=CC1=C(C(=O)O)C(=O)C2C(=O)C(F)=C(N3CCNCC3)C=C2N1C1CC1. The number of allylic oxidation sites excluding steroid dienone is 4. The lowest BCUT2D eigenvalue weighted by atomic mass is 9.81. The van der Waals surface area contributed by atoms with Crippen LogP contribution in [0.15, 0.2) is 34.6 Å². The number of rotatable bonds is 4. The molecule has 0 amide bonds. The first-order valence-electron chi connectivity index (χ1n) is 8.83. The molecule has 1 atom stereocenters. The summed E-state index contributed by atoms with van der Waals surface area (Å²) in [5.41, 5.74) is -0.706. The molecule has 0 radical (unpaired) electrons. The second kappa shape index (κ2) is 6.41. The number of carboxylic acids is 1. The van der Waals surface area contributed by atoms with Gasteiger partial charge in [-0.15, -0.1) is 0 Å². The van der Waals surface area contributed by atoms with E-state index in [4.69, 9.17) is 0 Å². The predicted molar refractivity (Wildman–Crippen MR) is 89.8 cm³/mol. The summed E-state index contributed by atoms with van der Waals surface area (Å²) in [6.07, 6.45) is 3.17. The third-order valence-corrected chi connectivity index (χ3v) is 5.28. The van der Waals surface area contributed by atoms with Gasteiger partial charge in [0, 0.05) is 37.9 Å². The van der Waals surface area contributed by atoms with E-state index in [0.717, 1.165) is 0 Å². The molecule has 2 heterocycles. The number of hydrogen-bond donors (Lipinski definition) is 2. The molecule has 4 aliphatic rings. The van der Waals surface area contributed by atoms with Crippen molar-refractivity contribution in [3.8, 4) is 0 Å². The van der Waals surface area contributed by atoms with Crippen LogP contribution in [0.3, 0.4) is 0 Å². The van der Waals surface area contributed by atoms with E-state index in [1.807, 2.05) is 0 Å². The zero-order valence-electron chi connectivity index (χ0n) is 14.4. The molecule has 1 saturated heterocycles. The van der Waals surface area contributed by atoms with Crippen LogP contribution in [0.2, 0.25) is 0 Å². The highest BCUT2D eigenvalue weighted by Gasteiger charge is 2.51. The smallest absolute Gasteiger partial charge is 0.341 e. The minimum atomic E-state index is -1.59.